The maximum atomic E-state index is 11.9. The van der Waals surface area contributed by atoms with Gasteiger partial charge in [-0.1, -0.05) is 0 Å². The van der Waals surface area contributed by atoms with E-state index in [0.717, 1.165) is 0 Å². The first-order valence-electron chi connectivity index (χ1n) is 6.39. The van der Waals surface area contributed by atoms with Crippen LogP contribution in [-0.2, 0) is 7.05 Å². The molecule has 0 atom stereocenters. The third-order valence-corrected chi connectivity index (χ3v) is 2.95. The van der Waals surface area contributed by atoms with Crippen LogP contribution >= 0.6 is 0 Å². The van der Waals surface area contributed by atoms with Crippen molar-refractivity contribution in [3.05, 3.63) is 58.0 Å². The molecule has 0 spiro atoms. The Bertz CT molecular complexity index is 781. The number of amides is 1. The largest absolute Gasteiger partial charge is 0.504 e. The first-order valence-corrected chi connectivity index (χ1v) is 6.39. The van der Waals surface area contributed by atoms with Gasteiger partial charge >= 0.3 is 0 Å². The molecule has 0 aliphatic carbocycles. The van der Waals surface area contributed by atoms with Crippen molar-refractivity contribution in [1.82, 2.24) is 9.99 Å². The van der Waals surface area contributed by atoms with E-state index in [1.807, 2.05) is 0 Å². The number of carbonyl (C=O) groups is 1. The molecule has 2 rings (SSSR count). The standard InChI is InChI=1S/C15H15N3O4/c1-18-7-3-4-11(15(18)21)14(20)17-16-9-10-5-6-12(19)13(8-10)22-2/h3-9,19H,1-2H3,(H,17,20)/b16-9-. The van der Waals surface area contributed by atoms with Gasteiger partial charge in [0.2, 0.25) is 0 Å². The van der Waals surface area contributed by atoms with Gasteiger partial charge in [0, 0.05) is 13.2 Å². The minimum atomic E-state index is -0.594. The summed E-state index contributed by atoms with van der Waals surface area (Å²) in [6.45, 7) is 0. The lowest BCUT2D eigenvalue weighted by Gasteiger charge is -2.04. The summed E-state index contributed by atoms with van der Waals surface area (Å²) >= 11 is 0. The van der Waals surface area contributed by atoms with Crippen LogP contribution in [0.4, 0.5) is 0 Å². The molecule has 2 aromatic rings. The van der Waals surface area contributed by atoms with Crippen LogP contribution in [0.25, 0.3) is 0 Å². The van der Waals surface area contributed by atoms with Crippen LogP contribution in [0.3, 0.4) is 0 Å². The van der Waals surface area contributed by atoms with Crippen molar-refractivity contribution < 1.29 is 14.6 Å². The highest BCUT2D eigenvalue weighted by molar-refractivity contribution is 5.94. The van der Waals surface area contributed by atoms with E-state index in [1.54, 1.807) is 31.4 Å². The third-order valence-electron chi connectivity index (χ3n) is 2.95. The van der Waals surface area contributed by atoms with Gasteiger partial charge in [-0.2, -0.15) is 5.10 Å². The molecule has 0 fully saturated rings. The minimum absolute atomic E-state index is 0.00503. The van der Waals surface area contributed by atoms with Crippen molar-refractivity contribution in [3.8, 4) is 11.5 Å². The smallest absolute Gasteiger partial charge is 0.276 e. The number of aromatic hydroxyl groups is 1. The minimum Gasteiger partial charge on any atom is -0.504 e. The molecule has 0 saturated carbocycles. The Morgan fingerprint density at radius 2 is 2.18 bits per heavy atom. The van der Waals surface area contributed by atoms with Gasteiger partial charge < -0.3 is 14.4 Å². The van der Waals surface area contributed by atoms with E-state index < -0.39 is 11.5 Å². The first kappa shape index (κ1) is 15.3. The second-order valence-electron chi connectivity index (χ2n) is 4.47. The van der Waals surface area contributed by atoms with Crippen LogP contribution < -0.4 is 15.7 Å². The van der Waals surface area contributed by atoms with Gasteiger partial charge in [-0.05, 0) is 35.9 Å². The van der Waals surface area contributed by atoms with Crippen molar-refractivity contribution >= 4 is 12.1 Å². The fourth-order valence-corrected chi connectivity index (χ4v) is 1.77. The van der Waals surface area contributed by atoms with Crippen LogP contribution in [0.5, 0.6) is 11.5 Å². The van der Waals surface area contributed by atoms with Gasteiger partial charge in [-0.25, -0.2) is 5.43 Å². The number of nitrogens with one attached hydrogen (secondary N) is 1. The van der Waals surface area contributed by atoms with Gasteiger partial charge in [0.05, 0.1) is 13.3 Å². The number of hydrogen-bond donors (Lipinski definition) is 2. The number of hydrazone groups is 1. The number of hydrogen-bond acceptors (Lipinski definition) is 5. The number of ether oxygens (including phenoxy) is 1. The lowest BCUT2D eigenvalue weighted by atomic mass is 10.2. The van der Waals surface area contributed by atoms with Crippen molar-refractivity contribution in [1.29, 1.82) is 0 Å². The van der Waals surface area contributed by atoms with Crippen molar-refractivity contribution in [2.45, 2.75) is 0 Å². The lowest BCUT2D eigenvalue weighted by Crippen LogP contribution is -2.29. The van der Waals surface area contributed by atoms with Gasteiger partial charge in [0.1, 0.15) is 5.56 Å². The second kappa shape index (κ2) is 6.57. The molecule has 1 heterocycles. The van der Waals surface area contributed by atoms with E-state index in [0.29, 0.717) is 11.3 Å². The molecule has 1 amide bonds. The zero-order valence-electron chi connectivity index (χ0n) is 12.1. The molecule has 0 saturated heterocycles. The number of aromatic nitrogens is 1. The van der Waals surface area contributed by atoms with E-state index in [9.17, 15) is 14.7 Å². The molecule has 1 aromatic heterocycles. The molecule has 0 aliphatic rings. The SMILES string of the molecule is COc1cc(/C=N\NC(=O)c2cccn(C)c2=O)ccc1O. The Balaban J connectivity index is 2.11. The average Bonchev–Trinajstić information content (AvgIpc) is 2.51. The summed E-state index contributed by atoms with van der Waals surface area (Å²) in [4.78, 5) is 23.7. The van der Waals surface area contributed by atoms with Gasteiger partial charge in [-0.15, -0.1) is 0 Å². The number of aryl methyl sites for hydroxylation is 1. The molecular weight excluding hydrogens is 286 g/mol. The summed E-state index contributed by atoms with van der Waals surface area (Å²) in [5.74, 6) is -0.285. The Morgan fingerprint density at radius 3 is 2.91 bits per heavy atom. The van der Waals surface area contributed by atoms with Gasteiger partial charge in [0.15, 0.2) is 11.5 Å². The monoisotopic (exact) mass is 301 g/mol. The van der Waals surface area contributed by atoms with E-state index in [1.165, 1.54) is 30.0 Å². The summed E-state index contributed by atoms with van der Waals surface area (Å²) in [6.07, 6.45) is 2.94. The normalized spacial score (nSPS) is 10.6. The van der Waals surface area contributed by atoms with Crippen LogP contribution in [-0.4, -0.2) is 28.9 Å². The topological polar surface area (TPSA) is 92.9 Å². The number of pyridine rings is 1. The molecule has 0 aliphatic heterocycles. The molecule has 0 radical (unpaired) electrons. The third kappa shape index (κ3) is 3.32. The van der Waals surface area contributed by atoms with Crippen LogP contribution in [0.15, 0.2) is 46.4 Å². The van der Waals surface area contributed by atoms with Crippen LogP contribution in [0, 0.1) is 0 Å². The van der Waals surface area contributed by atoms with Crippen LogP contribution in [0.2, 0.25) is 0 Å². The highest BCUT2D eigenvalue weighted by Gasteiger charge is 2.09. The highest BCUT2D eigenvalue weighted by Crippen LogP contribution is 2.25. The fraction of sp³-hybridized carbons (Fsp3) is 0.133. The van der Waals surface area contributed by atoms with Crippen molar-refractivity contribution in [2.75, 3.05) is 7.11 Å². The predicted molar refractivity (Wildman–Crippen MR) is 81.4 cm³/mol. The molecule has 22 heavy (non-hydrogen) atoms. The molecule has 0 unspecified atom stereocenters. The Morgan fingerprint density at radius 1 is 1.41 bits per heavy atom. The quantitative estimate of drug-likeness (QED) is 0.647. The zero-order valence-corrected chi connectivity index (χ0v) is 12.1. The number of benzene rings is 1. The molecular formula is C15H15N3O4. The molecule has 2 N–H and O–H groups in total. The fourth-order valence-electron chi connectivity index (χ4n) is 1.77. The lowest BCUT2D eigenvalue weighted by molar-refractivity contribution is 0.0953. The summed E-state index contributed by atoms with van der Waals surface area (Å²) < 4.78 is 6.28. The summed E-state index contributed by atoms with van der Waals surface area (Å²) in [5, 5.41) is 13.3. The van der Waals surface area contributed by atoms with Gasteiger partial charge in [-0.3, -0.25) is 9.59 Å². The van der Waals surface area contributed by atoms with Crippen LogP contribution in [0.1, 0.15) is 15.9 Å². The Kier molecular flexibility index (Phi) is 4.57. The number of rotatable bonds is 4. The maximum absolute atomic E-state index is 11.9. The predicted octanol–water partition coefficient (Wildman–Crippen LogP) is 0.863. The molecule has 7 heteroatoms. The summed E-state index contributed by atoms with van der Waals surface area (Å²) in [6, 6.07) is 7.65. The van der Waals surface area contributed by atoms with Crippen molar-refractivity contribution in [2.24, 2.45) is 12.1 Å². The van der Waals surface area contributed by atoms with E-state index in [-0.39, 0.29) is 11.3 Å². The number of phenols is 1. The number of methoxy groups -OCH3 is 1. The summed E-state index contributed by atoms with van der Waals surface area (Å²) in [5.41, 5.74) is 2.51. The van der Waals surface area contributed by atoms with E-state index >= 15 is 0 Å². The number of carbonyl (C=O) groups excluding carboxylic acids is 1. The molecule has 1 aromatic carbocycles. The second-order valence-corrected chi connectivity index (χ2v) is 4.47. The van der Waals surface area contributed by atoms with Crippen molar-refractivity contribution in [3.63, 3.8) is 0 Å². The summed E-state index contributed by atoms with van der Waals surface area (Å²) in [7, 11) is 2.99. The molecule has 114 valence electrons. The maximum Gasteiger partial charge on any atom is 0.276 e. The Labute approximate surface area is 126 Å². The number of phenolic OH excluding ortho intramolecular Hbond substituents is 1. The van der Waals surface area contributed by atoms with E-state index in [2.05, 4.69) is 10.5 Å². The van der Waals surface area contributed by atoms with E-state index in [4.69, 9.17) is 4.74 Å². The zero-order chi connectivity index (χ0) is 16.1. The molecule has 0 bridgehead atoms. The first-order chi connectivity index (χ1) is 10.5. The Hall–Kier alpha value is -3.09. The number of nitrogens with zero attached hydrogens (tertiary/aromatic N) is 2. The molecule has 7 nitrogen and oxygen atoms in total. The average molecular weight is 301 g/mol. The van der Waals surface area contributed by atoms with Gasteiger partial charge in [0.25, 0.3) is 11.5 Å². The highest BCUT2D eigenvalue weighted by atomic mass is 16.5.